The molecule has 2 rings (SSSR count). The van der Waals surface area contributed by atoms with E-state index in [9.17, 15) is 4.79 Å². The molecule has 1 aromatic heterocycles. The van der Waals surface area contributed by atoms with Crippen LogP contribution in [0, 0.1) is 0 Å². The second-order valence-electron chi connectivity index (χ2n) is 4.29. The average molecular weight is 280 g/mol. The summed E-state index contributed by atoms with van der Waals surface area (Å²) in [5.74, 6) is 0.00309. The maximum atomic E-state index is 11.7. The number of nitrogens with zero attached hydrogens (tertiary/aromatic N) is 2. The predicted molar refractivity (Wildman–Crippen MR) is 74.1 cm³/mol. The van der Waals surface area contributed by atoms with Crippen LogP contribution in [0.4, 0.5) is 5.82 Å². The van der Waals surface area contributed by atoms with Crippen molar-refractivity contribution in [3.05, 3.63) is 29.4 Å². The summed E-state index contributed by atoms with van der Waals surface area (Å²) in [6.07, 6.45) is 0.0939. The first-order valence-electron chi connectivity index (χ1n) is 5.96. The van der Waals surface area contributed by atoms with Crippen molar-refractivity contribution in [3.63, 3.8) is 0 Å². The van der Waals surface area contributed by atoms with Gasteiger partial charge in [-0.2, -0.15) is 0 Å². The fraction of sp³-hybridized carbons (Fsp3) is 0.308. The van der Waals surface area contributed by atoms with Crippen molar-refractivity contribution < 1.29 is 9.90 Å². The largest absolute Gasteiger partial charge is 0.393 e. The number of hydrogen-bond donors (Lipinski definition) is 2. The van der Waals surface area contributed by atoms with E-state index in [0.717, 1.165) is 0 Å². The van der Waals surface area contributed by atoms with Gasteiger partial charge in [-0.15, -0.1) is 0 Å². The van der Waals surface area contributed by atoms with Gasteiger partial charge >= 0.3 is 0 Å². The van der Waals surface area contributed by atoms with Crippen LogP contribution < -0.4 is 5.32 Å². The lowest BCUT2D eigenvalue weighted by Crippen LogP contribution is -2.15. The molecule has 0 radical (unpaired) electrons. The number of halogens is 1. The van der Waals surface area contributed by atoms with E-state index < -0.39 is 6.10 Å². The maximum Gasteiger partial charge on any atom is 0.225 e. The molecule has 1 amide bonds. The minimum absolute atomic E-state index is 0.157. The summed E-state index contributed by atoms with van der Waals surface area (Å²) in [4.78, 5) is 20.1. The summed E-state index contributed by atoms with van der Waals surface area (Å²) in [5, 5.41) is 11.9. The number of amides is 1. The lowest BCUT2D eigenvalue weighted by molar-refractivity contribution is -0.116. The molecule has 1 aromatic carbocycles. The highest BCUT2D eigenvalue weighted by Crippen LogP contribution is 2.21. The molecule has 0 saturated carbocycles. The van der Waals surface area contributed by atoms with Crippen LogP contribution in [0.3, 0.4) is 0 Å². The second-order valence-corrected chi connectivity index (χ2v) is 4.65. The van der Waals surface area contributed by atoms with E-state index in [1.165, 1.54) is 0 Å². The van der Waals surface area contributed by atoms with E-state index in [1.807, 2.05) is 12.1 Å². The molecule has 0 aliphatic rings. The molecule has 2 N–H and O–H groups in total. The lowest BCUT2D eigenvalue weighted by Gasteiger charge is -2.08. The minimum atomic E-state index is -0.510. The Morgan fingerprint density at radius 2 is 2.00 bits per heavy atom. The molecule has 0 bridgehead atoms. The monoisotopic (exact) mass is 279 g/mol. The zero-order chi connectivity index (χ0) is 13.8. The van der Waals surface area contributed by atoms with Gasteiger partial charge in [0.15, 0.2) is 11.0 Å². The number of hydrogen-bond acceptors (Lipinski definition) is 4. The number of nitrogens with one attached hydrogen (secondary N) is 1. The number of anilines is 1. The summed E-state index contributed by atoms with van der Waals surface area (Å²) >= 11 is 5.97. The van der Waals surface area contributed by atoms with Gasteiger partial charge in [-0.1, -0.05) is 23.7 Å². The van der Waals surface area contributed by atoms with Crippen LogP contribution in [0.25, 0.3) is 11.0 Å². The van der Waals surface area contributed by atoms with Gasteiger partial charge in [0, 0.05) is 6.42 Å². The smallest absolute Gasteiger partial charge is 0.225 e. The number of aliphatic hydroxyl groups excluding tert-OH is 1. The van der Waals surface area contributed by atoms with Crippen LogP contribution >= 0.6 is 11.6 Å². The Labute approximate surface area is 115 Å². The summed E-state index contributed by atoms with van der Waals surface area (Å²) in [6.45, 7) is 1.64. The predicted octanol–water partition coefficient (Wildman–Crippen LogP) is 2.38. The Morgan fingerprint density at radius 3 is 2.63 bits per heavy atom. The van der Waals surface area contributed by atoms with Crippen LogP contribution in [0.2, 0.25) is 5.15 Å². The highest BCUT2D eigenvalue weighted by atomic mass is 35.5. The molecule has 0 spiro atoms. The first kappa shape index (κ1) is 13.7. The van der Waals surface area contributed by atoms with Crippen molar-refractivity contribution in [1.82, 2.24) is 9.97 Å². The molecule has 5 nitrogen and oxygen atoms in total. The Balaban J connectivity index is 2.16. The van der Waals surface area contributed by atoms with Crippen molar-refractivity contribution in [1.29, 1.82) is 0 Å². The Kier molecular flexibility index (Phi) is 4.29. The molecule has 0 fully saturated rings. The summed E-state index contributed by atoms with van der Waals surface area (Å²) < 4.78 is 0. The third-order valence-corrected chi connectivity index (χ3v) is 2.84. The van der Waals surface area contributed by atoms with Crippen molar-refractivity contribution in [2.24, 2.45) is 0 Å². The van der Waals surface area contributed by atoms with Gasteiger partial charge in [-0.3, -0.25) is 4.79 Å². The minimum Gasteiger partial charge on any atom is -0.393 e. The molecule has 1 unspecified atom stereocenters. The number of carbonyl (C=O) groups is 1. The Morgan fingerprint density at radius 1 is 1.37 bits per heavy atom. The molecule has 6 heteroatoms. The Bertz CT molecular complexity index is 601. The standard InChI is InChI=1S/C13H14ClN3O2/c1-8(18)6-7-11(19)17-13-12(14)15-9-4-2-3-5-10(9)16-13/h2-5,8,18H,6-7H2,1H3,(H,16,17,19). The normalized spacial score (nSPS) is 12.4. The number of aliphatic hydroxyl groups is 1. The van der Waals surface area contributed by atoms with Crippen LogP contribution in [0.15, 0.2) is 24.3 Å². The number of para-hydroxylation sites is 2. The summed E-state index contributed by atoms with van der Waals surface area (Å²) in [5.41, 5.74) is 1.34. The summed E-state index contributed by atoms with van der Waals surface area (Å²) in [7, 11) is 0. The number of carbonyl (C=O) groups excluding carboxylic acids is 1. The van der Waals surface area contributed by atoms with Gasteiger partial charge in [0.25, 0.3) is 0 Å². The van der Waals surface area contributed by atoms with Gasteiger partial charge in [0.2, 0.25) is 5.91 Å². The molecule has 1 heterocycles. The first-order valence-corrected chi connectivity index (χ1v) is 6.34. The van der Waals surface area contributed by atoms with Gasteiger partial charge in [-0.25, -0.2) is 9.97 Å². The Hall–Kier alpha value is -1.72. The van der Waals surface area contributed by atoms with Gasteiger partial charge in [-0.05, 0) is 25.5 Å². The molecule has 0 aliphatic heterocycles. The zero-order valence-electron chi connectivity index (χ0n) is 10.4. The molecule has 1 atom stereocenters. The average Bonchev–Trinajstić information content (AvgIpc) is 2.37. The first-order chi connectivity index (χ1) is 9.06. The maximum absolute atomic E-state index is 11.7. The number of benzene rings is 1. The van der Waals surface area contributed by atoms with E-state index in [2.05, 4.69) is 15.3 Å². The van der Waals surface area contributed by atoms with Crippen LogP contribution in [0.1, 0.15) is 19.8 Å². The van der Waals surface area contributed by atoms with Gasteiger partial charge in [0.1, 0.15) is 0 Å². The number of aromatic nitrogens is 2. The quantitative estimate of drug-likeness (QED) is 0.901. The van der Waals surface area contributed by atoms with Crippen molar-refractivity contribution >= 4 is 34.4 Å². The van der Waals surface area contributed by atoms with E-state index in [-0.39, 0.29) is 23.3 Å². The van der Waals surface area contributed by atoms with E-state index in [4.69, 9.17) is 16.7 Å². The number of rotatable bonds is 4. The fourth-order valence-electron chi connectivity index (χ4n) is 1.59. The van der Waals surface area contributed by atoms with Crippen LogP contribution in [-0.2, 0) is 4.79 Å². The lowest BCUT2D eigenvalue weighted by atomic mass is 10.2. The second kappa shape index (κ2) is 5.95. The third-order valence-electron chi connectivity index (χ3n) is 2.57. The van der Waals surface area contributed by atoms with Gasteiger partial charge in [0.05, 0.1) is 17.1 Å². The molecule has 2 aromatic rings. The SMILES string of the molecule is CC(O)CCC(=O)Nc1nc2ccccc2nc1Cl. The van der Waals surface area contributed by atoms with Crippen LogP contribution in [0.5, 0.6) is 0 Å². The van der Waals surface area contributed by atoms with Crippen molar-refractivity contribution in [2.45, 2.75) is 25.9 Å². The van der Waals surface area contributed by atoms with Crippen molar-refractivity contribution in [2.75, 3.05) is 5.32 Å². The fourth-order valence-corrected chi connectivity index (χ4v) is 1.77. The third kappa shape index (κ3) is 3.62. The van der Waals surface area contributed by atoms with E-state index in [1.54, 1.807) is 19.1 Å². The highest BCUT2D eigenvalue weighted by Gasteiger charge is 2.10. The number of fused-ring (bicyclic) bond motifs is 1. The van der Waals surface area contributed by atoms with E-state index >= 15 is 0 Å². The summed E-state index contributed by atoms with van der Waals surface area (Å²) in [6, 6.07) is 7.27. The van der Waals surface area contributed by atoms with Crippen molar-refractivity contribution in [3.8, 4) is 0 Å². The molecule has 0 aliphatic carbocycles. The topological polar surface area (TPSA) is 75.1 Å². The van der Waals surface area contributed by atoms with E-state index in [0.29, 0.717) is 17.5 Å². The van der Waals surface area contributed by atoms with Crippen LogP contribution in [-0.4, -0.2) is 27.1 Å². The molecule has 19 heavy (non-hydrogen) atoms. The zero-order valence-corrected chi connectivity index (χ0v) is 11.2. The highest BCUT2D eigenvalue weighted by molar-refractivity contribution is 6.32. The molecular formula is C13H14ClN3O2. The molecule has 0 saturated heterocycles. The van der Waals surface area contributed by atoms with Gasteiger partial charge < -0.3 is 10.4 Å². The molecule has 100 valence electrons. The molecular weight excluding hydrogens is 266 g/mol.